The fourth-order valence-corrected chi connectivity index (χ4v) is 2.16. The predicted molar refractivity (Wildman–Crippen MR) is 83.1 cm³/mol. The highest BCUT2D eigenvalue weighted by Gasteiger charge is 2.33. The molecule has 122 valence electrons. The fraction of sp³-hybridized carbons (Fsp3) is 0.562. The molecule has 1 heterocycles. The van der Waals surface area contributed by atoms with Crippen LogP contribution in [0, 0.1) is 0 Å². The van der Waals surface area contributed by atoms with Crippen molar-refractivity contribution in [1.29, 1.82) is 0 Å². The van der Waals surface area contributed by atoms with Crippen LogP contribution in [0.1, 0.15) is 26.3 Å². The van der Waals surface area contributed by atoms with E-state index < -0.39 is 5.60 Å². The molecule has 22 heavy (non-hydrogen) atoms. The molecule has 0 spiro atoms. The summed E-state index contributed by atoms with van der Waals surface area (Å²) in [5, 5.41) is 13.2. The molecule has 2 N–H and O–H groups in total. The highest BCUT2D eigenvalue weighted by Crippen LogP contribution is 2.23. The van der Waals surface area contributed by atoms with Crippen LogP contribution in [0.25, 0.3) is 0 Å². The summed E-state index contributed by atoms with van der Waals surface area (Å²) in [6.45, 7) is 7.34. The van der Waals surface area contributed by atoms with Gasteiger partial charge in [-0.3, -0.25) is 0 Å². The number of nitrogens with zero attached hydrogens (tertiary/aromatic N) is 1. The maximum absolute atomic E-state index is 11.8. The molecule has 1 aliphatic rings. The smallest absolute Gasteiger partial charge is 0.410 e. The van der Waals surface area contributed by atoms with Gasteiger partial charge in [0.05, 0.1) is 7.11 Å². The number of benzene rings is 1. The largest absolute Gasteiger partial charge is 0.507 e. The number of hydrogen-bond acceptors (Lipinski definition) is 5. The van der Waals surface area contributed by atoms with Crippen molar-refractivity contribution in [3.63, 3.8) is 0 Å². The van der Waals surface area contributed by atoms with Crippen LogP contribution in [0.15, 0.2) is 18.2 Å². The normalized spacial score (nSPS) is 15.4. The number of rotatable bonds is 4. The Morgan fingerprint density at radius 1 is 1.41 bits per heavy atom. The molecule has 0 aromatic heterocycles. The van der Waals surface area contributed by atoms with Crippen molar-refractivity contribution in [2.24, 2.45) is 0 Å². The second kappa shape index (κ2) is 6.44. The zero-order valence-electron chi connectivity index (χ0n) is 13.5. The van der Waals surface area contributed by atoms with Crippen LogP contribution in [-0.4, -0.2) is 47.9 Å². The Morgan fingerprint density at radius 2 is 2.09 bits per heavy atom. The van der Waals surface area contributed by atoms with E-state index in [9.17, 15) is 9.90 Å². The van der Waals surface area contributed by atoms with Gasteiger partial charge in [-0.05, 0) is 26.8 Å². The first-order chi connectivity index (χ1) is 10.3. The number of carbonyl (C=O) groups is 1. The first-order valence-corrected chi connectivity index (χ1v) is 7.35. The average Bonchev–Trinajstić information content (AvgIpc) is 2.36. The van der Waals surface area contributed by atoms with Crippen molar-refractivity contribution < 1.29 is 19.4 Å². The minimum Gasteiger partial charge on any atom is -0.507 e. The van der Waals surface area contributed by atoms with Crippen molar-refractivity contribution in [2.45, 2.75) is 39.0 Å². The van der Waals surface area contributed by atoms with E-state index >= 15 is 0 Å². The van der Waals surface area contributed by atoms with Gasteiger partial charge in [0, 0.05) is 37.3 Å². The number of amides is 1. The van der Waals surface area contributed by atoms with E-state index in [-0.39, 0.29) is 17.9 Å². The predicted octanol–water partition coefficient (Wildman–Crippen LogP) is 2.11. The lowest BCUT2D eigenvalue weighted by molar-refractivity contribution is 0.00516. The summed E-state index contributed by atoms with van der Waals surface area (Å²) in [7, 11) is 1.56. The zero-order chi connectivity index (χ0) is 16.3. The van der Waals surface area contributed by atoms with Gasteiger partial charge in [-0.1, -0.05) is 6.07 Å². The maximum Gasteiger partial charge on any atom is 0.410 e. The van der Waals surface area contributed by atoms with Gasteiger partial charge >= 0.3 is 6.09 Å². The van der Waals surface area contributed by atoms with E-state index in [4.69, 9.17) is 9.47 Å². The average molecular weight is 308 g/mol. The van der Waals surface area contributed by atoms with Crippen LogP contribution in [-0.2, 0) is 11.3 Å². The number of phenols is 1. The quantitative estimate of drug-likeness (QED) is 0.891. The van der Waals surface area contributed by atoms with E-state index in [2.05, 4.69) is 5.32 Å². The molecule has 6 nitrogen and oxygen atoms in total. The number of carbonyl (C=O) groups excluding carboxylic acids is 1. The Kier molecular flexibility index (Phi) is 4.81. The van der Waals surface area contributed by atoms with E-state index in [1.165, 1.54) is 0 Å². The number of methoxy groups -OCH3 is 1. The molecule has 6 heteroatoms. The molecule has 0 unspecified atom stereocenters. The van der Waals surface area contributed by atoms with Gasteiger partial charge in [-0.2, -0.15) is 0 Å². The molecule has 1 amide bonds. The van der Waals surface area contributed by atoms with Crippen molar-refractivity contribution in [3.05, 3.63) is 23.8 Å². The van der Waals surface area contributed by atoms with Crippen LogP contribution < -0.4 is 10.1 Å². The van der Waals surface area contributed by atoms with Gasteiger partial charge in [0.25, 0.3) is 0 Å². The molecule has 2 rings (SSSR count). The van der Waals surface area contributed by atoms with E-state index in [1.807, 2.05) is 32.9 Å². The third kappa shape index (κ3) is 4.27. The lowest BCUT2D eigenvalue weighted by atomic mass is 10.1. The zero-order valence-corrected chi connectivity index (χ0v) is 13.5. The number of likely N-dealkylation sites (tertiary alicyclic amines) is 1. The van der Waals surface area contributed by atoms with Gasteiger partial charge in [-0.25, -0.2) is 4.79 Å². The molecular formula is C16H24N2O4. The van der Waals surface area contributed by atoms with Crippen LogP contribution in [0.2, 0.25) is 0 Å². The highest BCUT2D eigenvalue weighted by molar-refractivity contribution is 5.69. The van der Waals surface area contributed by atoms with E-state index in [0.29, 0.717) is 25.4 Å². The highest BCUT2D eigenvalue weighted by atomic mass is 16.6. The molecule has 0 radical (unpaired) electrons. The minimum atomic E-state index is -0.468. The summed E-state index contributed by atoms with van der Waals surface area (Å²) >= 11 is 0. The van der Waals surface area contributed by atoms with Crippen molar-refractivity contribution in [1.82, 2.24) is 10.2 Å². The molecule has 1 aliphatic heterocycles. The molecule has 0 aliphatic carbocycles. The fourth-order valence-electron chi connectivity index (χ4n) is 2.16. The number of hydrogen-bond donors (Lipinski definition) is 2. The number of aromatic hydroxyl groups is 1. The van der Waals surface area contributed by atoms with E-state index in [1.54, 1.807) is 18.1 Å². The Balaban J connectivity index is 1.76. The van der Waals surface area contributed by atoms with Crippen LogP contribution in [0.4, 0.5) is 4.79 Å². The summed E-state index contributed by atoms with van der Waals surface area (Å²) < 4.78 is 10.4. The lowest BCUT2D eigenvalue weighted by Gasteiger charge is -2.40. The first kappa shape index (κ1) is 16.4. The molecular weight excluding hydrogens is 284 g/mol. The summed E-state index contributed by atoms with van der Waals surface area (Å²) in [5.74, 6) is 0.830. The molecule has 0 bridgehead atoms. The Morgan fingerprint density at radius 3 is 2.64 bits per heavy atom. The standard InChI is InChI=1S/C16H24N2O4/c1-16(2,3)22-15(20)18-9-12(10-18)17-8-11-5-6-13(21-4)7-14(11)19/h5-7,12,17,19H,8-10H2,1-4H3. The van der Waals surface area contributed by atoms with Gasteiger partial charge in [0.2, 0.25) is 0 Å². The van der Waals surface area contributed by atoms with E-state index in [0.717, 1.165) is 5.56 Å². The van der Waals surface area contributed by atoms with Gasteiger partial charge in [-0.15, -0.1) is 0 Å². The number of nitrogens with one attached hydrogen (secondary N) is 1. The third-order valence-corrected chi connectivity index (χ3v) is 3.41. The van der Waals surface area contributed by atoms with Crippen LogP contribution in [0.5, 0.6) is 11.5 Å². The Bertz CT molecular complexity index is 533. The van der Waals surface area contributed by atoms with Crippen molar-refractivity contribution in [2.75, 3.05) is 20.2 Å². The second-order valence-electron chi connectivity index (χ2n) is 6.46. The Labute approximate surface area is 131 Å². The van der Waals surface area contributed by atoms with Crippen LogP contribution >= 0.6 is 0 Å². The second-order valence-corrected chi connectivity index (χ2v) is 6.46. The SMILES string of the molecule is COc1ccc(CNC2CN(C(=O)OC(C)(C)C)C2)c(O)c1. The summed E-state index contributed by atoms with van der Waals surface area (Å²) in [6, 6.07) is 5.44. The topological polar surface area (TPSA) is 71.0 Å². The third-order valence-electron chi connectivity index (χ3n) is 3.41. The lowest BCUT2D eigenvalue weighted by Crippen LogP contribution is -2.60. The Hall–Kier alpha value is -1.95. The summed E-state index contributed by atoms with van der Waals surface area (Å²) in [4.78, 5) is 13.5. The van der Waals surface area contributed by atoms with Gasteiger partial charge in [0.1, 0.15) is 17.1 Å². The number of phenolic OH excluding ortho intramolecular Hbond substituents is 1. The number of ether oxygens (including phenoxy) is 2. The molecule has 1 fully saturated rings. The molecule has 0 atom stereocenters. The van der Waals surface area contributed by atoms with Crippen LogP contribution in [0.3, 0.4) is 0 Å². The van der Waals surface area contributed by atoms with Gasteiger partial charge in [0.15, 0.2) is 0 Å². The monoisotopic (exact) mass is 308 g/mol. The molecule has 1 saturated heterocycles. The first-order valence-electron chi connectivity index (χ1n) is 7.35. The summed E-state index contributed by atoms with van der Waals surface area (Å²) in [6.07, 6.45) is -0.280. The minimum absolute atomic E-state index is 0.204. The van der Waals surface area contributed by atoms with Gasteiger partial charge < -0.3 is 24.8 Å². The molecule has 1 aromatic rings. The summed E-state index contributed by atoms with van der Waals surface area (Å²) in [5.41, 5.74) is 0.335. The molecule has 0 saturated carbocycles. The molecule has 1 aromatic carbocycles. The van der Waals surface area contributed by atoms with Crippen molar-refractivity contribution in [3.8, 4) is 11.5 Å². The maximum atomic E-state index is 11.8. The van der Waals surface area contributed by atoms with Crippen molar-refractivity contribution >= 4 is 6.09 Å².